The number of carbonyl (C=O) groups is 1. The van der Waals surface area contributed by atoms with Crippen LogP contribution in [0.2, 0.25) is 0 Å². The van der Waals surface area contributed by atoms with Gasteiger partial charge >= 0.3 is 5.97 Å². The van der Waals surface area contributed by atoms with Crippen LogP contribution in [0.3, 0.4) is 0 Å². The molecule has 1 aliphatic heterocycles. The number of carboxylic acids is 1. The third-order valence-electron chi connectivity index (χ3n) is 2.07. The summed E-state index contributed by atoms with van der Waals surface area (Å²) in [5.41, 5.74) is 1.13. The van der Waals surface area contributed by atoms with E-state index in [4.69, 9.17) is 9.52 Å². The summed E-state index contributed by atoms with van der Waals surface area (Å²) in [6, 6.07) is 0. The molecule has 2 rings (SSSR count). The van der Waals surface area contributed by atoms with Gasteiger partial charge < -0.3 is 14.8 Å². The summed E-state index contributed by atoms with van der Waals surface area (Å²) in [6.07, 6.45) is 0. The Balaban J connectivity index is 2.59. The van der Waals surface area contributed by atoms with Crippen molar-refractivity contribution in [2.45, 2.75) is 20.0 Å². The summed E-state index contributed by atoms with van der Waals surface area (Å²) in [6.45, 7) is 2.93. The molecule has 64 valence electrons. The van der Waals surface area contributed by atoms with Gasteiger partial charge in [-0.05, 0) is 6.92 Å². The first kappa shape index (κ1) is 7.36. The average Bonchev–Trinajstić information content (AvgIpc) is 2.44. The minimum absolute atomic E-state index is 0.329. The molecule has 4 heteroatoms. The van der Waals surface area contributed by atoms with Crippen LogP contribution >= 0.6 is 0 Å². The van der Waals surface area contributed by atoms with Crippen molar-refractivity contribution in [1.82, 2.24) is 5.32 Å². The molecule has 0 amide bonds. The zero-order chi connectivity index (χ0) is 8.72. The number of furan rings is 1. The standard InChI is InChI=1S/C8H9NO3/c1-4-7(8(10)11)5-2-9-3-6(5)12-4/h9H,2-3H2,1H3,(H,10,11). The molecule has 0 saturated heterocycles. The molecule has 0 bridgehead atoms. The molecule has 0 aliphatic carbocycles. The smallest absolute Gasteiger partial charge is 0.339 e. The van der Waals surface area contributed by atoms with Crippen LogP contribution in [-0.2, 0) is 13.1 Å². The molecule has 0 spiro atoms. The summed E-state index contributed by atoms with van der Waals surface area (Å²) in [4.78, 5) is 10.8. The highest BCUT2D eigenvalue weighted by molar-refractivity contribution is 5.91. The molecule has 0 fully saturated rings. The number of fused-ring (bicyclic) bond motifs is 1. The second-order valence-corrected chi connectivity index (χ2v) is 2.84. The molecule has 0 atom stereocenters. The lowest BCUT2D eigenvalue weighted by atomic mass is 10.1. The Morgan fingerprint density at radius 2 is 2.33 bits per heavy atom. The van der Waals surface area contributed by atoms with Gasteiger partial charge in [0.1, 0.15) is 17.1 Å². The largest absolute Gasteiger partial charge is 0.478 e. The van der Waals surface area contributed by atoms with E-state index in [-0.39, 0.29) is 0 Å². The van der Waals surface area contributed by atoms with Crippen LogP contribution < -0.4 is 5.32 Å². The molecule has 1 aliphatic rings. The molecule has 2 heterocycles. The molecule has 0 saturated carbocycles. The van der Waals surface area contributed by atoms with Crippen molar-refractivity contribution in [2.75, 3.05) is 0 Å². The zero-order valence-corrected chi connectivity index (χ0v) is 6.68. The first-order chi connectivity index (χ1) is 5.70. The van der Waals surface area contributed by atoms with E-state index in [1.54, 1.807) is 6.92 Å². The number of aryl methyl sites for hydroxylation is 1. The Kier molecular flexibility index (Phi) is 1.44. The highest BCUT2D eigenvalue weighted by Crippen LogP contribution is 2.25. The lowest BCUT2D eigenvalue weighted by molar-refractivity contribution is 0.0694. The van der Waals surface area contributed by atoms with Crippen LogP contribution in [0.15, 0.2) is 4.42 Å². The number of hydrogen-bond acceptors (Lipinski definition) is 3. The Morgan fingerprint density at radius 3 is 3.00 bits per heavy atom. The molecule has 0 radical (unpaired) electrons. The number of nitrogens with one attached hydrogen (secondary N) is 1. The highest BCUT2D eigenvalue weighted by Gasteiger charge is 2.25. The number of rotatable bonds is 1. The highest BCUT2D eigenvalue weighted by atomic mass is 16.4. The van der Waals surface area contributed by atoms with Gasteiger partial charge in [-0.2, -0.15) is 0 Å². The van der Waals surface area contributed by atoms with E-state index in [0.29, 0.717) is 24.4 Å². The Hall–Kier alpha value is -1.29. The number of hydrogen-bond donors (Lipinski definition) is 2. The maximum atomic E-state index is 10.8. The van der Waals surface area contributed by atoms with Crippen molar-refractivity contribution < 1.29 is 14.3 Å². The predicted molar refractivity (Wildman–Crippen MR) is 40.9 cm³/mol. The molecule has 0 aromatic carbocycles. The lowest BCUT2D eigenvalue weighted by Crippen LogP contribution is -2.05. The fraction of sp³-hybridized carbons (Fsp3) is 0.375. The first-order valence-electron chi connectivity index (χ1n) is 3.75. The van der Waals surface area contributed by atoms with Gasteiger partial charge in [0.05, 0.1) is 6.54 Å². The average molecular weight is 167 g/mol. The minimum atomic E-state index is -0.902. The second kappa shape index (κ2) is 2.35. The SMILES string of the molecule is Cc1oc2c(c1C(=O)O)CNC2. The minimum Gasteiger partial charge on any atom is -0.478 e. The van der Waals surface area contributed by atoms with Gasteiger partial charge in [0.2, 0.25) is 0 Å². The number of aromatic carboxylic acids is 1. The molecular weight excluding hydrogens is 158 g/mol. The van der Waals surface area contributed by atoms with Crippen LogP contribution in [0.5, 0.6) is 0 Å². The van der Waals surface area contributed by atoms with Crippen molar-refractivity contribution in [3.63, 3.8) is 0 Å². The van der Waals surface area contributed by atoms with E-state index < -0.39 is 5.97 Å². The maximum absolute atomic E-state index is 10.8. The van der Waals surface area contributed by atoms with Gasteiger partial charge in [-0.3, -0.25) is 0 Å². The van der Waals surface area contributed by atoms with Crippen LogP contribution in [0, 0.1) is 6.92 Å². The van der Waals surface area contributed by atoms with Crippen LogP contribution in [0.4, 0.5) is 0 Å². The molecule has 2 N–H and O–H groups in total. The van der Waals surface area contributed by atoms with Crippen LogP contribution in [-0.4, -0.2) is 11.1 Å². The normalized spacial score (nSPS) is 14.8. The molecule has 12 heavy (non-hydrogen) atoms. The van der Waals surface area contributed by atoms with Gasteiger partial charge in [-0.25, -0.2) is 4.79 Å². The third kappa shape index (κ3) is 0.848. The summed E-state index contributed by atoms with van der Waals surface area (Å²) < 4.78 is 5.28. The van der Waals surface area contributed by atoms with Crippen LogP contribution in [0.1, 0.15) is 27.4 Å². The summed E-state index contributed by atoms with van der Waals surface area (Å²) >= 11 is 0. The monoisotopic (exact) mass is 167 g/mol. The van der Waals surface area contributed by atoms with Gasteiger partial charge in [-0.1, -0.05) is 0 Å². The molecule has 4 nitrogen and oxygen atoms in total. The van der Waals surface area contributed by atoms with Crippen molar-refractivity contribution in [2.24, 2.45) is 0 Å². The topological polar surface area (TPSA) is 62.5 Å². The Morgan fingerprint density at radius 1 is 1.58 bits per heavy atom. The van der Waals surface area contributed by atoms with E-state index in [1.165, 1.54) is 0 Å². The zero-order valence-electron chi connectivity index (χ0n) is 6.68. The summed E-state index contributed by atoms with van der Waals surface area (Å²) in [5, 5.41) is 11.9. The summed E-state index contributed by atoms with van der Waals surface area (Å²) in [7, 11) is 0. The van der Waals surface area contributed by atoms with Gasteiger partial charge in [0.15, 0.2) is 0 Å². The van der Waals surface area contributed by atoms with Gasteiger partial charge in [0, 0.05) is 12.1 Å². The van der Waals surface area contributed by atoms with Crippen molar-refractivity contribution >= 4 is 5.97 Å². The molecule has 1 aromatic heterocycles. The van der Waals surface area contributed by atoms with E-state index >= 15 is 0 Å². The quantitative estimate of drug-likeness (QED) is 0.652. The lowest BCUT2D eigenvalue weighted by Gasteiger charge is -1.93. The van der Waals surface area contributed by atoms with Gasteiger partial charge in [0.25, 0.3) is 0 Å². The molecule has 1 aromatic rings. The third-order valence-corrected chi connectivity index (χ3v) is 2.07. The van der Waals surface area contributed by atoms with Gasteiger partial charge in [-0.15, -0.1) is 0 Å². The van der Waals surface area contributed by atoms with Crippen molar-refractivity contribution in [3.8, 4) is 0 Å². The van der Waals surface area contributed by atoms with E-state index in [2.05, 4.69) is 5.32 Å². The van der Waals surface area contributed by atoms with Crippen molar-refractivity contribution in [1.29, 1.82) is 0 Å². The van der Waals surface area contributed by atoms with Crippen molar-refractivity contribution in [3.05, 3.63) is 22.6 Å². The Labute approximate surface area is 69.2 Å². The fourth-order valence-electron chi connectivity index (χ4n) is 1.56. The fourth-order valence-corrected chi connectivity index (χ4v) is 1.56. The van der Waals surface area contributed by atoms with Crippen LogP contribution in [0.25, 0.3) is 0 Å². The molecular formula is C8H9NO3. The second-order valence-electron chi connectivity index (χ2n) is 2.84. The molecule has 0 unspecified atom stereocenters. The predicted octanol–water partition coefficient (Wildman–Crippen LogP) is 0.889. The van der Waals surface area contributed by atoms with E-state index in [0.717, 1.165) is 11.3 Å². The summed E-state index contributed by atoms with van der Waals surface area (Å²) in [5.74, 6) is 0.375. The van der Waals surface area contributed by atoms with E-state index in [9.17, 15) is 4.79 Å². The first-order valence-corrected chi connectivity index (χ1v) is 3.75. The maximum Gasteiger partial charge on any atom is 0.339 e. The number of carboxylic acid groups (broad SMARTS) is 1. The Bertz CT molecular complexity index is 340. The van der Waals surface area contributed by atoms with E-state index in [1.807, 2.05) is 0 Å².